The van der Waals surface area contributed by atoms with Crippen LogP contribution in [-0.2, 0) is 13.0 Å². The van der Waals surface area contributed by atoms with E-state index in [1.807, 2.05) is 36.6 Å². The third-order valence-corrected chi connectivity index (χ3v) is 4.83. The molecule has 0 unspecified atom stereocenters. The van der Waals surface area contributed by atoms with Gasteiger partial charge in [-0.3, -0.25) is 9.59 Å². The van der Waals surface area contributed by atoms with Crippen LogP contribution in [0.3, 0.4) is 0 Å². The number of carbonyl (C=O) groups is 1. The minimum atomic E-state index is -0.409. The summed E-state index contributed by atoms with van der Waals surface area (Å²) in [4.78, 5) is 25.2. The SMILES string of the molecule is Cc1cc(=O)c(C(=O)Nc2ccc(Cl)cc2)c(C)n1CCc1ccccc1. The van der Waals surface area contributed by atoms with Gasteiger partial charge in [-0.1, -0.05) is 41.9 Å². The summed E-state index contributed by atoms with van der Waals surface area (Å²) in [6, 6.07) is 18.5. The zero-order chi connectivity index (χ0) is 19.4. The summed E-state index contributed by atoms with van der Waals surface area (Å²) < 4.78 is 2.02. The number of benzene rings is 2. The Balaban J connectivity index is 1.87. The predicted molar refractivity (Wildman–Crippen MR) is 110 cm³/mol. The lowest BCUT2D eigenvalue weighted by Gasteiger charge is -2.17. The molecule has 0 saturated carbocycles. The van der Waals surface area contributed by atoms with Crippen LogP contribution in [0.1, 0.15) is 27.3 Å². The molecule has 0 radical (unpaired) electrons. The summed E-state index contributed by atoms with van der Waals surface area (Å²) >= 11 is 5.87. The summed E-state index contributed by atoms with van der Waals surface area (Å²) in [7, 11) is 0. The number of pyridine rings is 1. The number of anilines is 1. The van der Waals surface area contributed by atoms with Crippen molar-refractivity contribution in [2.75, 3.05) is 5.32 Å². The van der Waals surface area contributed by atoms with Gasteiger partial charge >= 0.3 is 0 Å². The number of carbonyl (C=O) groups excluding carboxylic acids is 1. The van der Waals surface area contributed by atoms with Gasteiger partial charge < -0.3 is 9.88 Å². The molecule has 0 aliphatic heterocycles. The van der Waals surface area contributed by atoms with Crippen LogP contribution in [0.15, 0.2) is 65.5 Å². The summed E-state index contributed by atoms with van der Waals surface area (Å²) in [6.45, 7) is 4.40. The highest BCUT2D eigenvalue weighted by Gasteiger charge is 2.17. The van der Waals surface area contributed by atoms with E-state index in [0.29, 0.717) is 22.9 Å². The highest BCUT2D eigenvalue weighted by Crippen LogP contribution is 2.16. The fraction of sp³-hybridized carbons (Fsp3) is 0.182. The number of amides is 1. The molecular weight excluding hydrogens is 360 g/mol. The molecule has 1 aromatic heterocycles. The third kappa shape index (κ3) is 4.47. The fourth-order valence-corrected chi connectivity index (χ4v) is 3.28. The van der Waals surface area contributed by atoms with Crippen LogP contribution in [0.5, 0.6) is 0 Å². The van der Waals surface area contributed by atoms with Crippen molar-refractivity contribution in [2.45, 2.75) is 26.8 Å². The number of rotatable bonds is 5. The lowest BCUT2D eigenvalue weighted by atomic mass is 10.1. The predicted octanol–water partition coefficient (Wildman–Crippen LogP) is 4.61. The molecule has 0 spiro atoms. The Morgan fingerprint density at radius 2 is 1.70 bits per heavy atom. The van der Waals surface area contributed by atoms with Crippen molar-refractivity contribution >= 4 is 23.2 Å². The molecule has 138 valence electrons. The molecule has 1 amide bonds. The lowest BCUT2D eigenvalue weighted by Crippen LogP contribution is -2.27. The van der Waals surface area contributed by atoms with Gasteiger partial charge in [-0.25, -0.2) is 0 Å². The van der Waals surface area contributed by atoms with Gasteiger partial charge in [-0.2, -0.15) is 0 Å². The Morgan fingerprint density at radius 1 is 1.04 bits per heavy atom. The molecule has 1 heterocycles. The Hall–Kier alpha value is -2.85. The van der Waals surface area contributed by atoms with Crippen molar-refractivity contribution in [1.82, 2.24) is 4.57 Å². The number of halogens is 1. The highest BCUT2D eigenvalue weighted by molar-refractivity contribution is 6.30. The number of hydrogen-bond acceptors (Lipinski definition) is 2. The normalized spacial score (nSPS) is 10.6. The number of nitrogens with zero attached hydrogens (tertiary/aromatic N) is 1. The minimum Gasteiger partial charge on any atom is -0.348 e. The zero-order valence-corrected chi connectivity index (χ0v) is 16.1. The van der Waals surface area contributed by atoms with E-state index in [2.05, 4.69) is 17.4 Å². The average Bonchev–Trinajstić information content (AvgIpc) is 2.64. The number of nitrogens with one attached hydrogen (secondary N) is 1. The van der Waals surface area contributed by atoms with Crippen molar-refractivity contribution in [3.8, 4) is 0 Å². The number of hydrogen-bond donors (Lipinski definition) is 1. The fourth-order valence-electron chi connectivity index (χ4n) is 3.15. The molecule has 4 nitrogen and oxygen atoms in total. The first-order chi connectivity index (χ1) is 13.0. The molecule has 0 fully saturated rings. The second-order valence-corrected chi connectivity index (χ2v) is 6.90. The van der Waals surface area contributed by atoms with Crippen LogP contribution in [-0.4, -0.2) is 10.5 Å². The molecule has 0 atom stereocenters. The summed E-state index contributed by atoms with van der Waals surface area (Å²) in [6.07, 6.45) is 0.823. The first kappa shape index (κ1) is 18.9. The van der Waals surface area contributed by atoms with E-state index in [1.165, 1.54) is 11.6 Å². The van der Waals surface area contributed by atoms with E-state index < -0.39 is 5.91 Å². The second-order valence-electron chi connectivity index (χ2n) is 6.46. The van der Waals surface area contributed by atoms with Gasteiger partial charge in [0.05, 0.1) is 0 Å². The van der Waals surface area contributed by atoms with Crippen molar-refractivity contribution in [3.63, 3.8) is 0 Å². The van der Waals surface area contributed by atoms with Gasteiger partial charge in [0, 0.05) is 34.7 Å². The monoisotopic (exact) mass is 380 g/mol. The molecule has 3 rings (SSSR count). The largest absolute Gasteiger partial charge is 0.348 e. The molecule has 5 heteroatoms. The molecule has 0 bridgehead atoms. The average molecular weight is 381 g/mol. The number of aryl methyl sites for hydroxylation is 2. The lowest BCUT2D eigenvalue weighted by molar-refractivity contribution is 0.102. The van der Waals surface area contributed by atoms with Crippen molar-refractivity contribution in [1.29, 1.82) is 0 Å². The molecular formula is C22H21ClN2O2. The van der Waals surface area contributed by atoms with Gasteiger partial charge in [0.1, 0.15) is 5.56 Å². The Kier molecular flexibility index (Phi) is 5.77. The first-order valence-electron chi connectivity index (χ1n) is 8.77. The Morgan fingerprint density at radius 3 is 2.37 bits per heavy atom. The van der Waals surface area contributed by atoms with Crippen LogP contribution in [0.2, 0.25) is 5.02 Å². The topological polar surface area (TPSA) is 51.1 Å². The maximum atomic E-state index is 12.7. The van der Waals surface area contributed by atoms with Crippen molar-refractivity contribution < 1.29 is 4.79 Å². The first-order valence-corrected chi connectivity index (χ1v) is 9.15. The highest BCUT2D eigenvalue weighted by atomic mass is 35.5. The van der Waals surface area contributed by atoms with Gasteiger partial charge in [0.25, 0.3) is 5.91 Å². The standard InChI is InChI=1S/C22H21ClN2O2/c1-15-14-20(26)21(22(27)24-19-10-8-18(23)9-11-19)16(2)25(15)13-12-17-6-4-3-5-7-17/h3-11,14H,12-13H2,1-2H3,(H,24,27). The summed E-state index contributed by atoms with van der Waals surface area (Å²) in [5.74, 6) is -0.409. The maximum absolute atomic E-state index is 12.7. The molecule has 0 saturated heterocycles. The van der Waals surface area contributed by atoms with Crippen LogP contribution in [0, 0.1) is 13.8 Å². The van der Waals surface area contributed by atoms with E-state index in [0.717, 1.165) is 12.1 Å². The van der Waals surface area contributed by atoms with Crippen LogP contribution < -0.4 is 10.7 Å². The Labute approximate surface area is 163 Å². The van der Waals surface area contributed by atoms with Gasteiger partial charge in [-0.15, -0.1) is 0 Å². The molecule has 2 aromatic carbocycles. The summed E-state index contributed by atoms with van der Waals surface area (Å²) in [5.41, 5.74) is 3.22. The summed E-state index contributed by atoms with van der Waals surface area (Å²) in [5, 5.41) is 3.36. The van der Waals surface area contributed by atoms with E-state index >= 15 is 0 Å². The molecule has 0 aliphatic carbocycles. The second kappa shape index (κ2) is 8.23. The van der Waals surface area contributed by atoms with Crippen LogP contribution in [0.25, 0.3) is 0 Å². The van der Waals surface area contributed by atoms with E-state index in [4.69, 9.17) is 11.6 Å². The van der Waals surface area contributed by atoms with E-state index in [1.54, 1.807) is 24.3 Å². The molecule has 3 aromatic rings. The molecule has 0 aliphatic rings. The van der Waals surface area contributed by atoms with Gasteiger partial charge in [0.2, 0.25) is 0 Å². The van der Waals surface area contributed by atoms with E-state index in [-0.39, 0.29) is 11.0 Å². The Bertz CT molecular complexity index is 1010. The van der Waals surface area contributed by atoms with Crippen LogP contribution >= 0.6 is 11.6 Å². The molecule has 1 N–H and O–H groups in total. The number of aromatic nitrogens is 1. The zero-order valence-electron chi connectivity index (χ0n) is 15.3. The quantitative estimate of drug-likeness (QED) is 0.702. The van der Waals surface area contributed by atoms with Crippen LogP contribution in [0.4, 0.5) is 5.69 Å². The smallest absolute Gasteiger partial charge is 0.261 e. The minimum absolute atomic E-state index is 0.170. The van der Waals surface area contributed by atoms with Crippen molar-refractivity contribution in [3.05, 3.63) is 98.4 Å². The maximum Gasteiger partial charge on any atom is 0.261 e. The van der Waals surface area contributed by atoms with Crippen molar-refractivity contribution in [2.24, 2.45) is 0 Å². The molecule has 27 heavy (non-hydrogen) atoms. The van der Waals surface area contributed by atoms with E-state index in [9.17, 15) is 9.59 Å². The third-order valence-electron chi connectivity index (χ3n) is 4.57. The van der Waals surface area contributed by atoms with Gasteiger partial charge in [-0.05, 0) is 50.1 Å². The van der Waals surface area contributed by atoms with Gasteiger partial charge in [0.15, 0.2) is 5.43 Å².